The van der Waals surface area contributed by atoms with Gasteiger partial charge < -0.3 is 25.8 Å². The van der Waals surface area contributed by atoms with Gasteiger partial charge in [-0.05, 0) is 66.0 Å². The molecule has 5 N–H and O–H groups in total. The Kier molecular flexibility index (Phi) is 8.85. The van der Waals surface area contributed by atoms with Crippen LogP contribution in [0, 0.1) is 5.41 Å². The summed E-state index contributed by atoms with van der Waals surface area (Å²) in [5, 5.41) is 13.3. The van der Waals surface area contributed by atoms with Crippen LogP contribution in [0.3, 0.4) is 0 Å². The Bertz CT molecular complexity index is 1190. The number of hydrogen-bond donors (Lipinski definition) is 4. The van der Waals surface area contributed by atoms with Gasteiger partial charge in [-0.15, -0.1) is 0 Å². The van der Waals surface area contributed by atoms with Gasteiger partial charge in [0.2, 0.25) is 5.91 Å². The van der Waals surface area contributed by atoms with Crippen LogP contribution in [-0.2, 0) is 35.4 Å². The number of thiazole rings is 1. The molecule has 0 saturated heterocycles. The number of benzene rings is 2. The molecule has 9 nitrogen and oxygen atoms in total. The predicted octanol–water partition coefficient (Wildman–Crippen LogP) is 3.20. The van der Waals surface area contributed by atoms with Gasteiger partial charge in [-0.1, -0.05) is 23.5 Å². The normalized spacial score (nSPS) is 11.5. The fourth-order valence-electron chi connectivity index (χ4n) is 3.38. The van der Waals surface area contributed by atoms with E-state index in [4.69, 9.17) is 11.1 Å². The molecule has 1 unspecified atom stereocenters. The van der Waals surface area contributed by atoms with E-state index in [2.05, 4.69) is 15.6 Å². The maximum absolute atomic E-state index is 12.9. The summed E-state index contributed by atoms with van der Waals surface area (Å²) in [7, 11) is 1.72. The lowest BCUT2D eigenvalue weighted by Crippen LogP contribution is -2.26. The molecule has 0 spiro atoms. The van der Waals surface area contributed by atoms with Crippen molar-refractivity contribution < 1.29 is 14.1 Å². The molecule has 1 heterocycles. The predicted molar refractivity (Wildman–Crippen MR) is 140 cm³/mol. The number of anilines is 2. The van der Waals surface area contributed by atoms with Gasteiger partial charge in [0.05, 0.1) is 12.2 Å². The molecule has 184 valence electrons. The van der Waals surface area contributed by atoms with Crippen molar-refractivity contribution in [2.24, 2.45) is 5.73 Å². The third kappa shape index (κ3) is 7.54. The molecule has 0 saturated carbocycles. The Morgan fingerprint density at radius 2 is 1.77 bits per heavy atom. The van der Waals surface area contributed by atoms with Crippen LogP contribution in [0.5, 0.6) is 0 Å². The van der Waals surface area contributed by atoms with E-state index < -0.39 is 11.2 Å². The van der Waals surface area contributed by atoms with Crippen molar-refractivity contribution >= 4 is 51.1 Å². The summed E-state index contributed by atoms with van der Waals surface area (Å²) in [5.74, 6) is -0.485. The van der Waals surface area contributed by atoms with Crippen molar-refractivity contribution in [1.29, 1.82) is 5.41 Å². The van der Waals surface area contributed by atoms with Crippen LogP contribution < -0.4 is 16.4 Å². The second kappa shape index (κ2) is 11.8. The topological polar surface area (TPSA) is 147 Å². The Morgan fingerprint density at radius 1 is 1.11 bits per heavy atom. The Hall–Kier alpha value is -3.41. The zero-order chi connectivity index (χ0) is 25.5. The van der Waals surface area contributed by atoms with E-state index in [0.29, 0.717) is 35.0 Å². The van der Waals surface area contributed by atoms with E-state index in [1.165, 1.54) is 18.3 Å². The van der Waals surface area contributed by atoms with Crippen LogP contribution in [0.4, 0.5) is 10.8 Å². The maximum Gasteiger partial charge on any atom is 0.253 e. The third-order valence-electron chi connectivity index (χ3n) is 5.11. The van der Waals surface area contributed by atoms with Gasteiger partial charge in [0.25, 0.3) is 5.91 Å². The molecule has 0 aliphatic rings. The number of hydrogen-bond acceptors (Lipinski definition) is 6. The average Bonchev–Trinajstić information content (AvgIpc) is 3.17. The number of aromatic nitrogens is 1. The highest BCUT2D eigenvalue weighted by Crippen LogP contribution is 2.26. The number of rotatable bonds is 9. The van der Waals surface area contributed by atoms with Gasteiger partial charge in [-0.3, -0.25) is 15.0 Å². The number of carbonyl (C=O) groups is 2. The number of aryl methyl sites for hydroxylation is 2. The quantitative estimate of drug-likeness (QED) is 0.197. The van der Waals surface area contributed by atoms with Crippen LogP contribution in [0.25, 0.3) is 0 Å². The van der Waals surface area contributed by atoms with Crippen molar-refractivity contribution in [3.63, 3.8) is 0 Å². The minimum absolute atomic E-state index is 0.120. The van der Waals surface area contributed by atoms with Gasteiger partial charge in [-0.2, -0.15) is 0 Å². The van der Waals surface area contributed by atoms with E-state index in [1.807, 2.05) is 24.3 Å². The molecule has 0 aliphatic carbocycles. The number of nitrogens with two attached hydrogens (primary N) is 1. The lowest BCUT2D eigenvalue weighted by molar-refractivity contribution is -0.114. The number of guanidine groups is 1. The fourth-order valence-corrected chi connectivity index (χ4v) is 5.00. The lowest BCUT2D eigenvalue weighted by Gasteiger charge is -2.17. The highest BCUT2D eigenvalue weighted by Gasteiger charge is 2.18. The van der Waals surface area contributed by atoms with Crippen molar-refractivity contribution in [3.05, 3.63) is 70.2 Å². The molecule has 0 aliphatic heterocycles. The van der Waals surface area contributed by atoms with Gasteiger partial charge in [0, 0.05) is 30.1 Å². The molecule has 35 heavy (non-hydrogen) atoms. The molecule has 3 rings (SSSR count). The number of carbonyl (C=O) groups excluding carboxylic acids is 2. The third-order valence-corrected chi connectivity index (χ3v) is 7.04. The SMILES string of the molecule is CC(=O)Nc1nc(CCc2ccc(NC(=N)N)cc2)c(CN(C)C(=O)c2ccc([S+](C)[O-])cc2)s1. The van der Waals surface area contributed by atoms with Crippen LogP contribution in [-0.4, -0.2) is 45.5 Å². The molecular weight excluding hydrogens is 484 g/mol. The Balaban J connectivity index is 1.72. The minimum Gasteiger partial charge on any atom is -0.612 e. The van der Waals surface area contributed by atoms with Crippen molar-refractivity contribution in [1.82, 2.24) is 9.88 Å². The molecule has 1 atom stereocenters. The van der Waals surface area contributed by atoms with E-state index in [-0.39, 0.29) is 17.8 Å². The van der Waals surface area contributed by atoms with Crippen LogP contribution in [0.15, 0.2) is 53.4 Å². The Morgan fingerprint density at radius 3 is 2.34 bits per heavy atom. The summed E-state index contributed by atoms with van der Waals surface area (Å²) < 4.78 is 11.6. The van der Waals surface area contributed by atoms with Gasteiger partial charge >= 0.3 is 0 Å². The first-order chi connectivity index (χ1) is 16.6. The standard InChI is InChI=1S/C24H28N6O3S2/c1-15(31)27-24-29-20(13-6-16-4-9-18(10-5-16)28-23(25)26)21(34-24)14-30(2)22(32)17-7-11-19(12-8-17)35(3)33/h4-5,7-12H,6,13-14H2,1-3H3,(H4,25,26,28)(H,27,29,31). The highest BCUT2D eigenvalue weighted by atomic mass is 32.2. The number of nitrogens with zero attached hydrogens (tertiary/aromatic N) is 2. The summed E-state index contributed by atoms with van der Waals surface area (Å²) in [6, 6.07) is 14.4. The first kappa shape index (κ1) is 26.2. The summed E-state index contributed by atoms with van der Waals surface area (Å²) in [4.78, 5) is 32.3. The van der Waals surface area contributed by atoms with Crippen molar-refractivity contribution in [3.8, 4) is 0 Å². The molecule has 2 amide bonds. The molecule has 1 aromatic heterocycles. The van der Waals surface area contributed by atoms with Crippen LogP contribution in [0.1, 0.15) is 33.4 Å². The molecular formula is C24H28N6O3S2. The zero-order valence-corrected chi connectivity index (χ0v) is 21.4. The highest BCUT2D eigenvalue weighted by molar-refractivity contribution is 7.90. The number of amides is 2. The molecule has 3 aromatic rings. The van der Waals surface area contributed by atoms with Gasteiger partial charge in [0.15, 0.2) is 16.0 Å². The maximum atomic E-state index is 12.9. The van der Waals surface area contributed by atoms with E-state index >= 15 is 0 Å². The summed E-state index contributed by atoms with van der Waals surface area (Å²) in [6.45, 7) is 1.77. The van der Waals surface area contributed by atoms with E-state index in [1.54, 1.807) is 42.5 Å². The van der Waals surface area contributed by atoms with Gasteiger partial charge in [0.1, 0.15) is 6.26 Å². The Labute approximate surface area is 211 Å². The first-order valence-corrected chi connectivity index (χ1v) is 13.1. The van der Waals surface area contributed by atoms with Gasteiger partial charge in [-0.25, -0.2) is 4.98 Å². The van der Waals surface area contributed by atoms with E-state index in [9.17, 15) is 14.1 Å². The monoisotopic (exact) mass is 512 g/mol. The smallest absolute Gasteiger partial charge is 0.253 e. The fraction of sp³-hybridized carbons (Fsp3) is 0.250. The summed E-state index contributed by atoms with van der Waals surface area (Å²) >= 11 is 0.250. The first-order valence-electron chi connectivity index (χ1n) is 10.8. The van der Waals surface area contributed by atoms with Crippen molar-refractivity contribution in [2.75, 3.05) is 23.9 Å². The number of nitrogens with one attached hydrogen (secondary N) is 3. The lowest BCUT2D eigenvalue weighted by atomic mass is 10.1. The van der Waals surface area contributed by atoms with E-state index in [0.717, 1.165) is 21.8 Å². The average molecular weight is 513 g/mol. The summed E-state index contributed by atoms with van der Waals surface area (Å²) in [6.07, 6.45) is 2.94. The minimum atomic E-state index is -1.10. The molecule has 2 aromatic carbocycles. The van der Waals surface area contributed by atoms with Crippen molar-refractivity contribution in [2.45, 2.75) is 31.2 Å². The second-order valence-electron chi connectivity index (χ2n) is 7.95. The van der Waals surface area contributed by atoms with Crippen LogP contribution in [0.2, 0.25) is 0 Å². The largest absolute Gasteiger partial charge is 0.612 e. The summed E-state index contributed by atoms with van der Waals surface area (Å²) in [5.41, 5.74) is 8.51. The zero-order valence-electron chi connectivity index (χ0n) is 19.8. The second-order valence-corrected chi connectivity index (χ2v) is 10.4. The molecule has 0 fully saturated rings. The molecule has 0 radical (unpaired) electrons. The van der Waals surface area contributed by atoms with Crippen LogP contribution >= 0.6 is 11.3 Å². The molecule has 0 bridgehead atoms. The molecule has 11 heteroatoms.